The van der Waals surface area contributed by atoms with Gasteiger partial charge in [-0.3, -0.25) is 19.3 Å². The SMILES string of the molecule is CCC(=O)Nc1ccc(C(=O)CN2C(=O)NC(C)(c3ccc(Cl)c(Cl)c3)C2=O)cc1. The Morgan fingerprint density at radius 1 is 1.07 bits per heavy atom. The van der Waals surface area contributed by atoms with Gasteiger partial charge in [0.1, 0.15) is 5.54 Å². The van der Waals surface area contributed by atoms with Crippen LogP contribution in [0.3, 0.4) is 0 Å². The van der Waals surface area contributed by atoms with Crippen molar-refractivity contribution in [2.75, 3.05) is 11.9 Å². The van der Waals surface area contributed by atoms with E-state index in [9.17, 15) is 19.2 Å². The molecule has 1 aliphatic rings. The molecule has 30 heavy (non-hydrogen) atoms. The second-order valence-electron chi connectivity index (χ2n) is 6.98. The number of hydrogen-bond acceptors (Lipinski definition) is 4. The van der Waals surface area contributed by atoms with Crippen molar-refractivity contribution in [3.63, 3.8) is 0 Å². The Morgan fingerprint density at radius 3 is 2.33 bits per heavy atom. The van der Waals surface area contributed by atoms with Crippen molar-refractivity contribution in [3.05, 3.63) is 63.6 Å². The Balaban J connectivity index is 1.76. The minimum Gasteiger partial charge on any atom is -0.326 e. The van der Waals surface area contributed by atoms with Gasteiger partial charge in [0.15, 0.2) is 5.78 Å². The van der Waals surface area contributed by atoms with Gasteiger partial charge in [-0.1, -0.05) is 36.2 Å². The van der Waals surface area contributed by atoms with Crippen LogP contribution in [0.1, 0.15) is 36.2 Å². The van der Waals surface area contributed by atoms with Crippen molar-refractivity contribution in [3.8, 4) is 0 Å². The lowest BCUT2D eigenvalue weighted by Gasteiger charge is -2.22. The van der Waals surface area contributed by atoms with Crippen LogP contribution in [0.5, 0.6) is 0 Å². The molecule has 0 bridgehead atoms. The van der Waals surface area contributed by atoms with E-state index in [1.54, 1.807) is 32.0 Å². The molecule has 0 aliphatic carbocycles. The molecule has 3 rings (SSSR count). The number of imide groups is 1. The predicted molar refractivity (Wildman–Crippen MR) is 114 cm³/mol. The lowest BCUT2D eigenvalue weighted by Crippen LogP contribution is -2.41. The third-order valence-corrected chi connectivity index (χ3v) is 5.62. The zero-order valence-corrected chi connectivity index (χ0v) is 17.8. The summed E-state index contributed by atoms with van der Waals surface area (Å²) in [7, 11) is 0. The smallest absolute Gasteiger partial charge is 0.325 e. The summed E-state index contributed by atoms with van der Waals surface area (Å²) in [5.41, 5.74) is -0.0325. The maximum Gasteiger partial charge on any atom is 0.325 e. The molecule has 1 atom stereocenters. The quantitative estimate of drug-likeness (QED) is 0.516. The van der Waals surface area contributed by atoms with Crippen molar-refractivity contribution in [1.82, 2.24) is 10.2 Å². The largest absolute Gasteiger partial charge is 0.326 e. The van der Waals surface area contributed by atoms with Crippen LogP contribution in [-0.4, -0.2) is 35.1 Å². The molecule has 1 heterocycles. The number of halogens is 2. The number of rotatable bonds is 6. The van der Waals surface area contributed by atoms with Crippen LogP contribution in [0.25, 0.3) is 0 Å². The van der Waals surface area contributed by atoms with Gasteiger partial charge in [0.2, 0.25) is 5.91 Å². The summed E-state index contributed by atoms with van der Waals surface area (Å²) < 4.78 is 0. The molecule has 9 heteroatoms. The van der Waals surface area contributed by atoms with Crippen LogP contribution in [0.15, 0.2) is 42.5 Å². The maximum atomic E-state index is 13.0. The van der Waals surface area contributed by atoms with Gasteiger partial charge in [0, 0.05) is 17.7 Å². The average molecular weight is 448 g/mol. The molecule has 0 aromatic heterocycles. The highest BCUT2D eigenvalue weighted by Crippen LogP contribution is 2.33. The normalized spacial score (nSPS) is 18.3. The van der Waals surface area contributed by atoms with Gasteiger partial charge >= 0.3 is 6.03 Å². The second kappa shape index (κ2) is 8.45. The zero-order valence-electron chi connectivity index (χ0n) is 16.3. The number of carbonyl (C=O) groups excluding carboxylic acids is 4. The van der Waals surface area contributed by atoms with Gasteiger partial charge in [0.05, 0.1) is 16.6 Å². The maximum absolute atomic E-state index is 13.0. The number of hydrogen-bond donors (Lipinski definition) is 2. The van der Waals surface area contributed by atoms with E-state index >= 15 is 0 Å². The summed E-state index contributed by atoms with van der Waals surface area (Å²) >= 11 is 12.0. The third-order valence-electron chi connectivity index (χ3n) is 4.89. The number of benzene rings is 2. The number of urea groups is 1. The number of anilines is 1. The van der Waals surface area contributed by atoms with Crippen molar-refractivity contribution in [2.45, 2.75) is 25.8 Å². The molecular weight excluding hydrogens is 429 g/mol. The van der Waals surface area contributed by atoms with E-state index in [2.05, 4.69) is 10.6 Å². The molecule has 1 saturated heterocycles. The summed E-state index contributed by atoms with van der Waals surface area (Å²) in [5.74, 6) is -1.12. The standard InChI is InChI=1S/C21H19Cl2N3O4/c1-3-18(28)24-14-7-4-12(5-8-14)17(27)11-26-19(29)21(2,25-20(26)30)13-6-9-15(22)16(23)10-13/h4-10H,3,11H2,1-2H3,(H,24,28)(H,25,30). The zero-order chi connectivity index (χ0) is 22.1. The lowest BCUT2D eigenvalue weighted by atomic mass is 9.92. The van der Waals surface area contributed by atoms with E-state index in [0.29, 0.717) is 28.3 Å². The summed E-state index contributed by atoms with van der Waals surface area (Å²) in [4.78, 5) is 50.4. The summed E-state index contributed by atoms with van der Waals surface area (Å²) in [6, 6.07) is 10.2. The molecular formula is C21H19Cl2N3O4. The second-order valence-corrected chi connectivity index (χ2v) is 7.79. The van der Waals surface area contributed by atoms with Gasteiger partial charge < -0.3 is 10.6 Å². The van der Waals surface area contributed by atoms with Crippen LogP contribution in [0.2, 0.25) is 10.0 Å². The Kier molecular flexibility index (Phi) is 6.14. The molecule has 2 aromatic rings. The fraction of sp³-hybridized carbons (Fsp3) is 0.238. The fourth-order valence-corrected chi connectivity index (χ4v) is 3.37. The van der Waals surface area contributed by atoms with Crippen LogP contribution in [0, 0.1) is 0 Å². The number of nitrogens with zero attached hydrogens (tertiary/aromatic N) is 1. The summed E-state index contributed by atoms with van der Waals surface area (Å²) in [5, 5.41) is 5.88. The Morgan fingerprint density at radius 2 is 1.73 bits per heavy atom. The first-order valence-corrected chi connectivity index (χ1v) is 9.94. The van der Waals surface area contributed by atoms with E-state index in [0.717, 1.165) is 4.90 Å². The summed E-state index contributed by atoms with van der Waals surface area (Å²) in [6.45, 7) is 2.86. The molecule has 0 radical (unpaired) electrons. The number of amides is 4. The van der Waals surface area contributed by atoms with Crippen LogP contribution in [-0.2, 0) is 15.1 Å². The lowest BCUT2D eigenvalue weighted by molar-refractivity contribution is -0.130. The molecule has 1 aliphatic heterocycles. The monoisotopic (exact) mass is 447 g/mol. The van der Waals surface area contributed by atoms with E-state index in [4.69, 9.17) is 23.2 Å². The molecule has 1 unspecified atom stereocenters. The number of nitrogens with one attached hydrogen (secondary N) is 2. The molecule has 7 nitrogen and oxygen atoms in total. The minimum absolute atomic E-state index is 0.144. The minimum atomic E-state index is -1.36. The van der Waals surface area contributed by atoms with Crippen molar-refractivity contribution >= 4 is 52.5 Å². The van der Waals surface area contributed by atoms with E-state index < -0.39 is 29.8 Å². The van der Waals surface area contributed by atoms with Crippen LogP contribution >= 0.6 is 23.2 Å². The highest BCUT2D eigenvalue weighted by molar-refractivity contribution is 6.42. The van der Waals surface area contributed by atoms with E-state index in [-0.39, 0.29) is 10.9 Å². The Labute approximate surface area is 183 Å². The van der Waals surface area contributed by atoms with Gasteiger partial charge in [-0.25, -0.2) is 4.79 Å². The van der Waals surface area contributed by atoms with Gasteiger partial charge in [-0.2, -0.15) is 0 Å². The summed E-state index contributed by atoms with van der Waals surface area (Å²) in [6.07, 6.45) is 0.338. The Hall–Kier alpha value is -2.90. The number of Topliss-reactive ketones (excluding diaryl/α,β-unsaturated/α-hetero) is 1. The molecule has 4 amide bonds. The van der Waals surface area contributed by atoms with Gasteiger partial charge in [-0.15, -0.1) is 0 Å². The van der Waals surface area contributed by atoms with Crippen LogP contribution < -0.4 is 10.6 Å². The van der Waals surface area contributed by atoms with Crippen molar-refractivity contribution in [1.29, 1.82) is 0 Å². The first-order chi connectivity index (χ1) is 14.2. The topological polar surface area (TPSA) is 95.6 Å². The highest BCUT2D eigenvalue weighted by Gasteiger charge is 2.49. The first-order valence-electron chi connectivity index (χ1n) is 9.18. The molecule has 156 valence electrons. The number of ketones is 1. The first kappa shape index (κ1) is 21.8. The van der Waals surface area contributed by atoms with Gasteiger partial charge in [0.25, 0.3) is 5.91 Å². The third kappa shape index (κ3) is 4.17. The highest BCUT2D eigenvalue weighted by atomic mass is 35.5. The predicted octanol–water partition coefficient (Wildman–Crippen LogP) is 3.99. The van der Waals surface area contributed by atoms with Crippen molar-refractivity contribution in [2.24, 2.45) is 0 Å². The fourth-order valence-electron chi connectivity index (χ4n) is 3.07. The van der Waals surface area contributed by atoms with Crippen molar-refractivity contribution < 1.29 is 19.2 Å². The molecule has 2 N–H and O–H groups in total. The molecule has 1 fully saturated rings. The molecule has 0 spiro atoms. The Bertz CT molecular complexity index is 1040. The average Bonchev–Trinajstić information content (AvgIpc) is 2.94. The number of carbonyl (C=O) groups is 4. The van der Waals surface area contributed by atoms with Crippen LogP contribution in [0.4, 0.5) is 10.5 Å². The molecule has 2 aromatic carbocycles. The van der Waals surface area contributed by atoms with Gasteiger partial charge in [-0.05, 0) is 48.9 Å². The van der Waals surface area contributed by atoms with E-state index in [1.165, 1.54) is 24.3 Å². The molecule has 0 saturated carbocycles. The van der Waals surface area contributed by atoms with E-state index in [1.807, 2.05) is 0 Å².